The molecule has 0 bridgehead atoms. The fourth-order valence-corrected chi connectivity index (χ4v) is 2.68. The van der Waals surface area contributed by atoms with Gasteiger partial charge in [-0.1, -0.05) is 42.5 Å². The minimum Gasteiger partial charge on any atom is -0.463 e. The Kier molecular flexibility index (Phi) is 6.15. The lowest BCUT2D eigenvalue weighted by Gasteiger charge is -2.28. The Hall–Kier alpha value is -2.14. The van der Waals surface area contributed by atoms with Gasteiger partial charge in [0.15, 0.2) is 0 Å². The van der Waals surface area contributed by atoms with Gasteiger partial charge in [-0.25, -0.2) is 0 Å². The van der Waals surface area contributed by atoms with Gasteiger partial charge in [-0.15, -0.1) is 0 Å². The second-order valence-electron chi connectivity index (χ2n) is 6.61. The maximum atomic E-state index is 12.4. The predicted octanol–water partition coefficient (Wildman–Crippen LogP) is 2.51. The monoisotopic (exact) mass is 331 g/mol. The van der Waals surface area contributed by atoms with E-state index in [0.717, 1.165) is 5.56 Å². The molecule has 130 valence electrons. The molecule has 0 aromatic heterocycles. The lowest BCUT2D eigenvalue weighted by Crippen LogP contribution is -2.39. The Morgan fingerprint density at radius 1 is 1.17 bits per heavy atom. The standard InChI is InChI=1S/C19H25NO4/c1-19(2,23)15-11-7-4-8-12-17(21)20-16(13-24-18(15)22)14-9-5-3-6-10-14/h3-7,9-10,15-16,23H,8,11-13H2,1-2H3,(H,20,21)/b7-4+/t15-,16+/m1/s1. The molecule has 1 aliphatic heterocycles. The van der Waals surface area contributed by atoms with Crippen molar-refractivity contribution in [3.63, 3.8) is 0 Å². The summed E-state index contributed by atoms with van der Waals surface area (Å²) in [5.41, 5.74) is -0.289. The Labute approximate surface area is 142 Å². The van der Waals surface area contributed by atoms with E-state index in [1.807, 2.05) is 42.5 Å². The molecule has 0 fully saturated rings. The summed E-state index contributed by atoms with van der Waals surface area (Å²) < 4.78 is 5.42. The van der Waals surface area contributed by atoms with Crippen molar-refractivity contribution < 1.29 is 19.4 Å². The first-order valence-electron chi connectivity index (χ1n) is 8.26. The number of amides is 1. The molecule has 5 heteroatoms. The number of ether oxygens (including phenoxy) is 1. The molecule has 2 atom stereocenters. The van der Waals surface area contributed by atoms with Crippen molar-refractivity contribution >= 4 is 11.9 Å². The lowest BCUT2D eigenvalue weighted by atomic mass is 9.88. The van der Waals surface area contributed by atoms with E-state index in [0.29, 0.717) is 19.3 Å². The first kappa shape index (κ1) is 18.2. The highest BCUT2D eigenvalue weighted by Gasteiger charge is 2.34. The quantitative estimate of drug-likeness (QED) is 0.645. The summed E-state index contributed by atoms with van der Waals surface area (Å²) in [7, 11) is 0. The molecule has 2 rings (SSSR count). The van der Waals surface area contributed by atoms with Crippen molar-refractivity contribution in [2.24, 2.45) is 5.92 Å². The molecule has 2 N–H and O–H groups in total. The average molecular weight is 331 g/mol. The van der Waals surface area contributed by atoms with Crippen molar-refractivity contribution in [1.82, 2.24) is 5.32 Å². The molecule has 24 heavy (non-hydrogen) atoms. The Morgan fingerprint density at radius 2 is 1.88 bits per heavy atom. The topological polar surface area (TPSA) is 75.6 Å². The normalized spacial score (nSPS) is 25.0. The fourth-order valence-electron chi connectivity index (χ4n) is 2.68. The molecule has 0 aliphatic carbocycles. The van der Waals surface area contributed by atoms with Crippen molar-refractivity contribution in [3.8, 4) is 0 Å². The van der Waals surface area contributed by atoms with Crippen LogP contribution < -0.4 is 5.32 Å². The van der Waals surface area contributed by atoms with E-state index in [2.05, 4.69) is 5.32 Å². The number of aliphatic hydroxyl groups is 1. The molecule has 5 nitrogen and oxygen atoms in total. The number of hydrogen-bond acceptors (Lipinski definition) is 4. The Bertz CT molecular complexity index is 589. The number of nitrogens with one attached hydrogen (secondary N) is 1. The second-order valence-corrected chi connectivity index (χ2v) is 6.61. The number of hydrogen-bond donors (Lipinski definition) is 2. The third kappa shape index (κ3) is 5.20. The van der Waals surface area contributed by atoms with E-state index in [1.165, 1.54) is 0 Å². The highest BCUT2D eigenvalue weighted by Crippen LogP contribution is 2.24. The zero-order chi connectivity index (χ0) is 17.6. The van der Waals surface area contributed by atoms with Crippen LogP contribution in [-0.2, 0) is 14.3 Å². The van der Waals surface area contributed by atoms with Crippen LogP contribution in [0, 0.1) is 5.92 Å². The molecule has 1 heterocycles. The number of allylic oxidation sites excluding steroid dienone is 2. The summed E-state index contributed by atoms with van der Waals surface area (Å²) in [6.45, 7) is 3.26. The molecular weight excluding hydrogens is 306 g/mol. The molecular formula is C19H25NO4. The molecule has 0 spiro atoms. The van der Waals surface area contributed by atoms with Gasteiger partial charge in [-0.2, -0.15) is 0 Å². The van der Waals surface area contributed by atoms with Gasteiger partial charge in [0, 0.05) is 6.42 Å². The molecule has 1 amide bonds. The summed E-state index contributed by atoms with van der Waals surface area (Å²) in [5, 5.41) is 13.2. The van der Waals surface area contributed by atoms with Crippen LogP contribution in [0.15, 0.2) is 42.5 Å². The van der Waals surface area contributed by atoms with Crippen LogP contribution >= 0.6 is 0 Å². The number of benzene rings is 1. The van der Waals surface area contributed by atoms with E-state index < -0.39 is 23.5 Å². The average Bonchev–Trinajstić information content (AvgIpc) is 2.53. The minimum atomic E-state index is -1.17. The molecule has 0 radical (unpaired) electrons. The van der Waals surface area contributed by atoms with Gasteiger partial charge >= 0.3 is 5.97 Å². The van der Waals surface area contributed by atoms with Gasteiger partial charge in [0.2, 0.25) is 5.91 Å². The van der Waals surface area contributed by atoms with Gasteiger partial charge in [0.1, 0.15) is 6.61 Å². The zero-order valence-corrected chi connectivity index (χ0v) is 14.2. The van der Waals surface area contributed by atoms with Crippen molar-refractivity contribution in [2.45, 2.75) is 44.8 Å². The molecule has 1 aromatic rings. The highest BCUT2D eigenvalue weighted by molar-refractivity contribution is 5.77. The molecule has 0 unspecified atom stereocenters. The van der Waals surface area contributed by atoms with Gasteiger partial charge in [0.05, 0.1) is 17.6 Å². The van der Waals surface area contributed by atoms with Crippen LogP contribution in [0.5, 0.6) is 0 Å². The number of carbonyl (C=O) groups excluding carboxylic acids is 2. The summed E-state index contributed by atoms with van der Waals surface area (Å²) in [4.78, 5) is 24.5. The Balaban J connectivity index is 2.20. The SMILES string of the molecule is CC(C)(O)[C@@H]1C/C=C/CCC(=O)N[C@H](c2ccccc2)COC1=O. The summed E-state index contributed by atoms with van der Waals surface area (Å²) in [5.74, 6) is -1.17. The zero-order valence-electron chi connectivity index (χ0n) is 14.2. The van der Waals surface area contributed by atoms with Crippen molar-refractivity contribution in [2.75, 3.05) is 6.61 Å². The highest BCUT2D eigenvalue weighted by atomic mass is 16.5. The van der Waals surface area contributed by atoms with E-state index in [1.54, 1.807) is 13.8 Å². The van der Waals surface area contributed by atoms with Crippen LogP contribution in [0.2, 0.25) is 0 Å². The van der Waals surface area contributed by atoms with Crippen LogP contribution in [0.3, 0.4) is 0 Å². The molecule has 1 aromatic carbocycles. The number of esters is 1. The summed E-state index contributed by atoms with van der Waals surface area (Å²) in [6, 6.07) is 9.02. The maximum Gasteiger partial charge on any atom is 0.312 e. The largest absolute Gasteiger partial charge is 0.463 e. The van der Waals surface area contributed by atoms with Crippen LogP contribution in [0.1, 0.15) is 44.7 Å². The van der Waals surface area contributed by atoms with E-state index in [-0.39, 0.29) is 12.5 Å². The molecule has 1 aliphatic rings. The first-order valence-corrected chi connectivity index (χ1v) is 8.26. The van der Waals surface area contributed by atoms with E-state index in [4.69, 9.17) is 4.74 Å². The van der Waals surface area contributed by atoms with Gasteiger partial charge in [0.25, 0.3) is 0 Å². The van der Waals surface area contributed by atoms with Gasteiger partial charge in [-0.3, -0.25) is 9.59 Å². The lowest BCUT2D eigenvalue weighted by molar-refractivity contribution is -0.157. The minimum absolute atomic E-state index is 0.0465. The third-order valence-corrected chi connectivity index (χ3v) is 4.14. The molecule has 0 saturated heterocycles. The summed E-state index contributed by atoms with van der Waals surface area (Å²) in [6.07, 6.45) is 5.06. The predicted molar refractivity (Wildman–Crippen MR) is 91.1 cm³/mol. The van der Waals surface area contributed by atoms with Gasteiger partial charge in [-0.05, 0) is 32.3 Å². The second kappa shape index (κ2) is 8.11. The van der Waals surface area contributed by atoms with Crippen LogP contribution in [-0.4, -0.2) is 29.2 Å². The number of carbonyl (C=O) groups is 2. The maximum absolute atomic E-state index is 12.4. The smallest absolute Gasteiger partial charge is 0.312 e. The number of cyclic esters (lactones) is 1. The van der Waals surface area contributed by atoms with Crippen LogP contribution in [0.25, 0.3) is 0 Å². The fraction of sp³-hybridized carbons (Fsp3) is 0.474. The van der Waals surface area contributed by atoms with Crippen LogP contribution in [0.4, 0.5) is 0 Å². The van der Waals surface area contributed by atoms with Crippen molar-refractivity contribution in [3.05, 3.63) is 48.0 Å². The third-order valence-electron chi connectivity index (χ3n) is 4.14. The first-order chi connectivity index (χ1) is 11.4. The van der Waals surface area contributed by atoms with E-state index >= 15 is 0 Å². The summed E-state index contributed by atoms with van der Waals surface area (Å²) >= 11 is 0. The van der Waals surface area contributed by atoms with Gasteiger partial charge < -0.3 is 15.2 Å². The van der Waals surface area contributed by atoms with Crippen molar-refractivity contribution in [1.29, 1.82) is 0 Å². The Morgan fingerprint density at radius 3 is 2.54 bits per heavy atom. The molecule has 0 saturated carbocycles. The van der Waals surface area contributed by atoms with E-state index in [9.17, 15) is 14.7 Å². The number of rotatable bonds is 2.